The summed E-state index contributed by atoms with van der Waals surface area (Å²) in [5.41, 5.74) is -0.391. The highest BCUT2D eigenvalue weighted by Crippen LogP contribution is 2.27. The van der Waals surface area contributed by atoms with Gasteiger partial charge in [0, 0.05) is 6.54 Å². The summed E-state index contributed by atoms with van der Waals surface area (Å²) in [4.78, 5) is 53.0. The molecule has 0 fully saturated rings. The average Bonchev–Trinajstić information content (AvgIpc) is 2.81. The number of aromatic hydroxyl groups is 1. The molecule has 1 aromatic carbocycles. The lowest BCUT2D eigenvalue weighted by atomic mass is 9.98. The molecule has 0 spiro atoms. The lowest BCUT2D eigenvalue weighted by molar-refractivity contribution is -0.145. The number of phenolic OH excluding ortho intramolecular Hbond substituents is 1. The molecule has 10 nitrogen and oxygen atoms in total. The molecule has 3 amide bonds. The number of amides is 3. The Morgan fingerprint density at radius 3 is 2.30 bits per heavy atom. The van der Waals surface area contributed by atoms with Gasteiger partial charge in [0.15, 0.2) is 0 Å². The number of methoxy groups -OCH3 is 1. The summed E-state index contributed by atoms with van der Waals surface area (Å²) in [7, 11) is 1.21. The van der Waals surface area contributed by atoms with Crippen LogP contribution in [-0.4, -0.2) is 65.7 Å². The molecule has 0 aromatic heterocycles. The van der Waals surface area contributed by atoms with Gasteiger partial charge in [0.25, 0.3) is 0 Å². The Labute approximate surface area is 220 Å². The molecule has 0 saturated heterocycles. The van der Waals surface area contributed by atoms with Crippen LogP contribution < -0.4 is 10.6 Å². The average molecular weight is 522 g/mol. The fourth-order valence-corrected chi connectivity index (χ4v) is 3.70. The maximum Gasteiger partial charge on any atom is 0.408 e. The number of phenols is 1. The molecule has 2 atom stereocenters. The molecular formula is C27H43N3O7. The van der Waals surface area contributed by atoms with Crippen molar-refractivity contribution in [1.82, 2.24) is 15.5 Å². The van der Waals surface area contributed by atoms with Gasteiger partial charge >= 0.3 is 12.1 Å². The number of nitrogens with one attached hydrogen (secondary N) is 2. The van der Waals surface area contributed by atoms with Gasteiger partial charge in [-0.05, 0) is 50.8 Å². The smallest absolute Gasteiger partial charge is 0.408 e. The molecule has 0 aliphatic rings. The summed E-state index contributed by atoms with van der Waals surface area (Å²) in [6.45, 7) is 10.7. The van der Waals surface area contributed by atoms with Crippen molar-refractivity contribution < 1.29 is 33.8 Å². The van der Waals surface area contributed by atoms with E-state index in [1.165, 1.54) is 24.1 Å². The van der Waals surface area contributed by atoms with Crippen molar-refractivity contribution in [1.29, 1.82) is 0 Å². The molecule has 10 heteroatoms. The van der Waals surface area contributed by atoms with Gasteiger partial charge in [-0.2, -0.15) is 0 Å². The fraction of sp³-hybridized carbons (Fsp3) is 0.630. The second-order valence-corrected chi connectivity index (χ2v) is 10.3. The van der Waals surface area contributed by atoms with Gasteiger partial charge in [-0.15, -0.1) is 0 Å². The number of benzene rings is 1. The predicted octanol–water partition coefficient (Wildman–Crippen LogP) is 3.68. The number of unbranched alkanes of at least 4 members (excludes halogenated alkanes) is 3. The molecule has 1 rings (SSSR count). The third-order valence-electron chi connectivity index (χ3n) is 5.52. The first-order valence-electron chi connectivity index (χ1n) is 12.7. The first-order valence-corrected chi connectivity index (χ1v) is 12.7. The highest BCUT2D eigenvalue weighted by Gasteiger charge is 2.37. The van der Waals surface area contributed by atoms with E-state index in [0.717, 1.165) is 19.3 Å². The number of rotatable bonds is 13. The Hall–Kier alpha value is -3.30. The van der Waals surface area contributed by atoms with Gasteiger partial charge in [-0.25, -0.2) is 4.79 Å². The zero-order valence-corrected chi connectivity index (χ0v) is 23.1. The number of alkyl carbamates (subject to hydrolysis) is 1. The Morgan fingerprint density at radius 1 is 1.08 bits per heavy atom. The number of carbonyl (C=O) groups is 4. The number of carbonyl (C=O) groups excluding carboxylic acids is 4. The molecular weight excluding hydrogens is 478 g/mol. The highest BCUT2D eigenvalue weighted by atomic mass is 16.6. The SMILES string of the molecule is CCCCCCN(C(=O)C(NC(=O)OC(C)(C)C)C(C)C)C(C(=O)NCC(=O)OC)c1cccc(O)c1. The zero-order chi connectivity index (χ0) is 28.2. The predicted molar refractivity (Wildman–Crippen MR) is 140 cm³/mol. The third-order valence-corrected chi connectivity index (χ3v) is 5.52. The van der Waals surface area contributed by atoms with Gasteiger partial charge in [-0.1, -0.05) is 52.2 Å². The number of hydrogen-bond donors (Lipinski definition) is 3. The summed E-state index contributed by atoms with van der Waals surface area (Å²) in [6.07, 6.45) is 2.66. The lowest BCUT2D eigenvalue weighted by Gasteiger charge is -2.35. The van der Waals surface area contributed by atoms with Crippen LogP contribution in [0.5, 0.6) is 5.75 Å². The van der Waals surface area contributed by atoms with E-state index in [-0.39, 0.29) is 24.8 Å². The van der Waals surface area contributed by atoms with Crippen molar-refractivity contribution in [3.05, 3.63) is 29.8 Å². The van der Waals surface area contributed by atoms with Crippen LogP contribution in [-0.2, 0) is 23.9 Å². The van der Waals surface area contributed by atoms with Crippen LogP contribution in [0.15, 0.2) is 24.3 Å². The van der Waals surface area contributed by atoms with E-state index in [1.54, 1.807) is 46.8 Å². The molecule has 3 N–H and O–H groups in total. The van der Waals surface area contributed by atoms with E-state index < -0.39 is 41.6 Å². The van der Waals surface area contributed by atoms with Crippen LogP contribution in [0.3, 0.4) is 0 Å². The Kier molecular flexibility index (Phi) is 12.9. The van der Waals surface area contributed by atoms with E-state index in [4.69, 9.17) is 4.74 Å². The van der Waals surface area contributed by atoms with Gasteiger partial charge in [-0.3, -0.25) is 14.4 Å². The number of ether oxygens (including phenoxy) is 2. The molecule has 0 aliphatic carbocycles. The summed E-state index contributed by atoms with van der Waals surface area (Å²) in [5, 5.41) is 15.3. The van der Waals surface area contributed by atoms with Crippen LogP contribution in [0.4, 0.5) is 4.79 Å². The molecule has 1 aromatic rings. The number of esters is 1. The normalized spacial score (nSPS) is 12.9. The van der Waals surface area contributed by atoms with E-state index >= 15 is 0 Å². The maximum absolute atomic E-state index is 14.0. The summed E-state index contributed by atoms with van der Waals surface area (Å²) in [5.74, 6) is -2.12. The monoisotopic (exact) mass is 521 g/mol. The van der Waals surface area contributed by atoms with Crippen LogP contribution >= 0.6 is 0 Å². The molecule has 37 heavy (non-hydrogen) atoms. The second kappa shape index (κ2) is 15.1. The van der Waals surface area contributed by atoms with Crippen molar-refractivity contribution in [3.8, 4) is 5.75 Å². The van der Waals surface area contributed by atoms with Crippen LogP contribution in [0.25, 0.3) is 0 Å². The standard InChI is InChI=1S/C27H43N3O7/c1-8-9-10-11-15-30(25(34)22(18(2)3)29-26(35)37-27(4,5)6)23(19-13-12-14-20(31)16-19)24(33)28-17-21(32)36-7/h12-14,16,18,22-23,31H,8-11,15,17H2,1-7H3,(H,28,33)(H,29,35). The molecule has 0 heterocycles. The van der Waals surface area contributed by atoms with Crippen molar-refractivity contribution in [2.24, 2.45) is 5.92 Å². The van der Waals surface area contributed by atoms with E-state index in [1.807, 2.05) is 0 Å². The molecule has 208 valence electrons. The zero-order valence-electron chi connectivity index (χ0n) is 23.1. The Bertz CT molecular complexity index is 912. The lowest BCUT2D eigenvalue weighted by Crippen LogP contribution is -2.55. The van der Waals surface area contributed by atoms with Gasteiger partial charge < -0.3 is 30.1 Å². The quantitative estimate of drug-likeness (QED) is 0.266. The van der Waals surface area contributed by atoms with E-state index in [9.17, 15) is 24.3 Å². The molecule has 0 bridgehead atoms. The summed E-state index contributed by atoms with van der Waals surface area (Å²) < 4.78 is 9.98. The third kappa shape index (κ3) is 11.1. The molecule has 0 radical (unpaired) electrons. The topological polar surface area (TPSA) is 134 Å². The largest absolute Gasteiger partial charge is 0.508 e. The van der Waals surface area contributed by atoms with Crippen molar-refractivity contribution in [2.45, 2.75) is 84.9 Å². The van der Waals surface area contributed by atoms with E-state index in [0.29, 0.717) is 12.0 Å². The molecule has 0 saturated carbocycles. The maximum atomic E-state index is 14.0. The van der Waals surface area contributed by atoms with Crippen LogP contribution in [0, 0.1) is 5.92 Å². The minimum absolute atomic E-state index is 0.0751. The van der Waals surface area contributed by atoms with Crippen LogP contribution in [0.2, 0.25) is 0 Å². The first kappa shape index (κ1) is 31.7. The Balaban J connectivity index is 3.45. The van der Waals surface area contributed by atoms with Crippen molar-refractivity contribution in [2.75, 3.05) is 20.2 Å². The molecule has 0 aliphatic heterocycles. The summed E-state index contributed by atoms with van der Waals surface area (Å²) in [6, 6.07) is 3.92. The number of nitrogens with zero attached hydrogens (tertiary/aromatic N) is 1. The fourth-order valence-electron chi connectivity index (χ4n) is 3.70. The van der Waals surface area contributed by atoms with Crippen molar-refractivity contribution in [3.63, 3.8) is 0 Å². The van der Waals surface area contributed by atoms with Crippen LogP contribution in [0.1, 0.15) is 78.8 Å². The number of hydrogen-bond acceptors (Lipinski definition) is 7. The van der Waals surface area contributed by atoms with E-state index in [2.05, 4.69) is 22.3 Å². The van der Waals surface area contributed by atoms with Gasteiger partial charge in [0.2, 0.25) is 11.8 Å². The molecule has 2 unspecified atom stereocenters. The van der Waals surface area contributed by atoms with Crippen molar-refractivity contribution >= 4 is 23.9 Å². The van der Waals surface area contributed by atoms with Gasteiger partial charge in [0.1, 0.15) is 30.0 Å². The minimum atomic E-state index is -1.16. The second-order valence-electron chi connectivity index (χ2n) is 10.3. The Morgan fingerprint density at radius 2 is 1.76 bits per heavy atom. The minimum Gasteiger partial charge on any atom is -0.508 e. The summed E-state index contributed by atoms with van der Waals surface area (Å²) >= 11 is 0. The highest BCUT2D eigenvalue weighted by molar-refractivity contribution is 5.93. The van der Waals surface area contributed by atoms with Gasteiger partial charge in [0.05, 0.1) is 7.11 Å². The first-order chi connectivity index (χ1) is 17.3.